The number of hydrogen-bond acceptors (Lipinski definition) is 4. The summed E-state index contributed by atoms with van der Waals surface area (Å²) in [6.45, 7) is 9.41. The van der Waals surface area contributed by atoms with E-state index in [4.69, 9.17) is 9.52 Å². The summed E-state index contributed by atoms with van der Waals surface area (Å²) in [7, 11) is 0. The molecule has 2 heterocycles. The van der Waals surface area contributed by atoms with Crippen LogP contribution in [0.4, 0.5) is 19.0 Å². The van der Waals surface area contributed by atoms with Crippen LogP contribution in [0.15, 0.2) is 71.3 Å². The van der Waals surface area contributed by atoms with Gasteiger partial charge in [0.1, 0.15) is 18.1 Å². The Bertz CT molecular complexity index is 1520. The van der Waals surface area contributed by atoms with Crippen LogP contribution in [0.1, 0.15) is 59.3 Å². The molecule has 0 saturated carbocycles. The molecule has 40 heavy (non-hydrogen) atoms. The number of nitrogens with one attached hydrogen (secondary N) is 1. The molecule has 0 aliphatic carbocycles. The average Bonchev–Trinajstić information content (AvgIpc) is 3.53. The van der Waals surface area contributed by atoms with Gasteiger partial charge in [0.2, 0.25) is 5.91 Å². The molecule has 0 fully saturated rings. The monoisotopic (exact) mass is 552 g/mol. The number of aryl methyl sites for hydroxylation is 2. The molecule has 4 rings (SSSR count). The van der Waals surface area contributed by atoms with Crippen LogP contribution < -0.4 is 5.32 Å². The van der Waals surface area contributed by atoms with E-state index in [1.807, 2.05) is 52.8 Å². The van der Waals surface area contributed by atoms with Crippen LogP contribution in [0.5, 0.6) is 0 Å². The van der Waals surface area contributed by atoms with Crippen molar-refractivity contribution in [2.24, 2.45) is 0 Å². The predicted molar refractivity (Wildman–Crippen MR) is 145 cm³/mol. The van der Waals surface area contributed by atoms with Crippen molar-refractivity contribution in [1.82, 2.24) is 14.7 Å². The van der Waals surface area contributed by atoms with E-state index in [-0.39, 0.29) is 17.5 Å². The molecule has 4 aromatic rings. The summed E-state index contributed by atoms with van der Waals surface area (Å²) in [5.41, 5.74) is 2.11. The first kappa shape index (κ1) is 28.7. The van der Waals surface area contributed by atoms with Gasteiger partial charge in [-0.15, -0.1) is 0 Å². The maximum Gasteiger partial charge on any atom is 0.416 e. The Balaban J connectivity index is 1.64. The zero-order valence-electron chi connectivity index (χ0n) is 23.0. The zero-order valence-corrected chi connectivity index (χ0v) is 23.0. The number of alkyl halides is 3. The van der Waals surface area contributed by atoms with Crippen molar-refractivity contribution in [3.05, 3.63) is 101 Å². The van der Waals surface area contributed by atoms with Crippen molar-refractivity contribution in [3.63, 3.8) is 0 Å². The van der Waals surface area contributed by atoms with Crippen molar-refractivity contribution in [2.75, 3.05) is 11.9 Å². The molecule has 0 unspecified atom stereocenters. The lowest BCUT2D eigenvalue weighted by atomic mass is 9.92. The van der Waals surface area contributed by atoms with E-state index < -0.39 is 30.1 Å². The van der Waals surface area contributed by atoms with Crippen molar-refractivity contribution < 1.29 is 27.2 Å². The predicted octanol–water partition coefficient (Wildman–Crippen LogP) is 6.68. The van der Waals surface area contributed by atoms with Gasteiger partial charge in [-0.2, -0.15) is 18.3 Å². The van der Waals surface area contributed by atoms with Gasteiger partial charge in [0.25, 0.3) is 5.91 Å². The van der Waals surface area contributed by atoms with E-state index in [0.717, 1.165) is 45.6 Å². The first-order valence-electron chi connectivity index (χ1n) is 12.7. The van der Waals surface area contributed by atoms with Gasteiger partial charge in [0.05, 0.1) is 29.8 Å². The fourth-order valence-corrected chi connectivity index (χ4v) is 4.22. The molecule has 0 spiro atoms. The number of amides is 2. The van der Waals surface area contributed by atoms with Crippen molar-refractivity contribution >= 4 is 17.6 Å². The van der Waals surface area contributed by atoms with Crippen LogP contribution >= 0.6 is 0 Å². The van der Waals surface area contributed by atoms with Crippen molar-refractivity contribution in [3.8, 4) is 5.69 Å². The van der Waals surface area contributed by atoms with E-state index in [0.29, 0.717) is 11.6 Å². The highest BCUT2D eigenvalue weighted by atomic mass is 19.4. The summed E-state index contributed by atoms with van der Waals surface area (Å²) in [6.07, 6.45) is -3.20. The topological polar surface area (TPSA) is 80.4 Å². The van der Waals surface area contributed by atoms with E-state index >= 15 is 0 Å². The highest BCUT2D eigenvalue weighted by Gasteiger charge is 2.32. The number of benzene rings is 2. The largest absolute Gasteiger partial charge is 0.467 e. The molecule has 7 nitrogen and oxygen atoms in total. The fourth-order valence-electron chi connectivity index (χ4n) is 4.22. The van der Waals surface area contributed by atoms with Gasteiger partial charge < -0.3 is 14.6 Å². The molecular weight excluding hydrogens is 521 g/mol. The van der Waals surface area contributed by atoms with E-state index in [2.05, 4.69) is 5.32 Å². The first-order valence-corrected chi connectivity index (χ1v) is 12.7. The van der Waals surface area contributed by atoms with Gasteiger partial charge in [-0.1, -0.05) is 44.5 Å². The maximum atomic E-state index is 13.4. The quantitative estimate of drug-likeness (QED) is 0.277. The Morgan fingerprint density at radius 3 is 2.38 bits per heavy atom. The van der Waals surface area contributed by atoms with Gasteiger partial charge in [-0.25, -0.2) is 4.68 Å². The molecule has 10 heteroatoms. The SMILES string of the molecule is Cc1ccc(-n2nc(C(C)(C)C)cc2NC(=O)CN(Cc2ccco2)C(=O)c2cccc(C(F)(F)F)c2)c(C)c1. The second-order valence-electron chi connectivity index (χ2n) is 10.7. The minimum atomic E-state index is -4.61. The summed E-state index contributed by atoms with van der Waals surface area (Å²) in [4.78, 5) is 27.8. The fraction of sp³-hybridized carbons (Fsp3) is 0.300. The van der Waals surface area contributed by atoms with Crippen LogP contribution in [0.25, 0.3) is 5.69 Å². The maximum absolute atomic E-state index is 13.4. The van der Waals surface area contributed by atoms with Gasteiger partial charge in [-0.3, -0.25) is 9.59 Å². The van der Waals surface area contributed by atoms with Crippen LogP contribution in [-0.4, -0.2) is 33.0 Å². The number of furan rings is 1. The van der Waals surface area contributed by atoms with Gasteiger partial charge in [-0.05, 0) is 55.8 Å². The summed E-state index contributed by atoms with van der Waals surface area (Å²) in [5.74, 6) is -0.496. The summed E-state index contributed by atoms with van der Waals surface area (Å²) in [5, 5.41) is 7.60. The second kappa shape index (κ2) is 11.0. The molecule has 0 aliphatic heterocycles. The Morgan fingerprint density at radius 1 is 1.00 bits per heavy atom. The van der Waals surface area contributed by atoms with Gasteiger partial charge >= 0.3 is 6.18 Å². The minimum absolute atomic E-state index is 0.112. The Hall–Kier alpha value is -4.34. The number of rotatable bonds is 7. The number of aromatic nitrogens is 2. The van der Waals surface area contributed by atoms with Crippen molar-refractivity contribution in [1.29, 1.82) is 0 Å². The number of halogens is 3. The van der Waals surface area contributed by atoms with Crippen LogP contribution in [0.2, 0.25) is 0 Å². The Morgan fingerprint density at radius 2 is 1.75 bits per heavy atom. The van der Waals surface area contributed by atoms with Crippen LogP contribution in [-0.2, 0) is 22.9 Å². The number of carbonyl (C=O) groups is 2. The van der Waals surface area contributed by atoms with E-state index in [1.54, 1.807) is 22.9 Å². The summed E-state index contributed by atoms with van der Waals surface area (Å²) in [6, 6.07) is 15.0. The first-order chi connectivity index (χ1) is 18.7. The Kier molecular flexibility index (Phi) is 7.91. The third-order valence-corrected chi connectivity index (χ3v) is 6.31. The Labute approximate surface area is 230 Å². The molecule has 0 bridgehead atoms. The molecule has 2 aromatic heterocycles. The third kappa shape index (κ3) is 6.62. The zero-order chi connectivity index (χ0) is 29.2. The minimum Gasteiger partial charge on any atom is -0.467 e. The normalized spacial score (nSPS) is 11.9. The lowest BCUT2D eigenvalue weighted by Gasteiger charge is -2.22. The van der Waals surface area contributed by atoms with E-state index in [1.165, 1.54) is 12.3 Å². The average molecular weight is 553 g/mol. The highest BCUT2D eigenvalue weighted by Crippen LogP contribution is 2.30. The second-order valence-corrected chi connectivity index (χ2v) is 10.7. The third-order valence-electron chi connectivity index (χ3n) is 6.31. The smallest absolute Gasteiger partial charge is 0.416 e. The summed E-state index contributed by atoms with van der Waals surface area (Å²) >= 11 is 0. The molecule has 210 valence electrons. The molecule has 2 amide bonds. The molecule has 1 N–H and O–H groups in total. The number of nitrogens with zero attached hydrogens (tertiary/aromatic N) is 3. The molecule has 0 radical (unpaired) electrons. The number of carbonyl (C=O) groups excluding carboxylic acids is 2. The molecule has 0 saturated heterocycles. The van der Waals surface area contributed by atoms with Gasteiger partial charge in [0, 0.05) is 17.0 Å². The standard InChI is InChI=1S/C30H31F3N4O3/c1-19-11-12-24(20(2)14-19)37-26(16-25(35-37)29(3,4)5)34-27(38)18-36(17-23-10-7-13-40-23)28(39)21-8-6-9-22(15-21)30(31,32)33/h6-16H,17-18H2,1-5H3,(H,34,38). The molecule has 2 aromatic carbocycles. The molecule has 0 atom stereocenters. The number of anilines is 1. The van der Waals surface area contributed by atoms with Crippen LogP contribution in [0, 0.1) is 13.8 Å². The molecule has 0 aliphatic rings. The summed E-state index contributed by atoms with van der Waals surface area (Å²) < 4.78 is 46.9. The lowest BCUT2D eigenvalue weighted by molar-refractivity contribution is -0.137. The molecular formula is C30H31F3N4O3. The van der Waals surface area contributed by atoms with Gasteiger partial charge in [0.15, 0.2) is 0 Å². The van der Waals surface area contributed by atoms with Crippen molar-refractivity contribution in [2.45, 2.75) is 52.8 Å². The van der Waals surface area contributed by atoms with Crippen LogP contribution in [0.3, 0.4) is 0 Å². The van der Waals surface area contributed by atoms with E-state index in [9.17, 15) is 22.8 Å². The lowest BCUT2D eigenvalue weighted by Crippen LogP contribution is -2.38. The number of hydrogen-bond donors (Lipinski definition) is 1. The highest BCUT2D eigenvalue weighted by molar-refractivity contribution is 5.99.